The predicted octanol–water partition coefficient (Wildman–Crippen LogP) is 0.221. The molecule has 19 heavy (non-hydrogen) atoms. The molecule has 108 valence electrons. The van der Waals surface area contributed by atoms with Crippen LogP contribution in [0.5, 0.6) is 0 Å². The van der Waals surface area contributed by atoms with Crippen LogP contribution in [-0.4, -0.2) is 60.3 Å². The van der Waals surface area contributed by atoms with Gasteiger partial charge in [0.25, 0.3) is 0 Å². The summed E-state index contributed by atoms with van der Waals surface area (Å²) in [6.45, 7) is 2.12. The summed E-state index contributed by atoms with van der Waals surface area (Å²) in [5.41, 5.74) is 0. The maximum absolute atomic E-state index is 12.1. The van der Waals surface area contributed by atoms with Crippen LogP contribution in [0.25, 0.3) is 0 Å². The molecule has 0 aromatic heterocycles. The SMILES string of the molecule is O=C(O)COC1CCN(C(=O)CC2CCCN2)CC1. The zero-order chi connectivity index (χ0) is 13.7. The lowest BCUT2D eigenvalue weighted by Gasteiger charge is -2.32. The molecule has 2 rings (SSSR count). The van der Waals surface area contributed by atoms with Crippen molar-refractivity contribution in [2.24, 2.45) is 0 Å². The molecule has 0 radical (unpaired) electrons. The third kappa shape index (κ3) is 4.47. The maximum atomic E-state index is 12.1. The van der Waals surface area contributed by atoms with Gasteiger partial charge in [-0.2, -0.15) is 0 Å². The summed E-state index contributed by atoms with van der Waals surface area (Å²) in [4.78, 5) is 24.4. The van der Waals surface area contributed by atoms with E-state index in [1.807, 2.05) is 4.90 Å². The first kappa shape index (κ1) is 14.3. The summed E-state index contributed by atoms with van der Waals surface area (Å²) in [7, 11) is 0. The van der Waals surface area contributed by atoms with Crippen molar-refractivity contribution >= 4 is 11.9 Å². The van der Waals surface area contributed by atoms with E-state index in [2.05, 4.69) is 5.32 Å². The summed E-state index contributed by atoms with van der Waals surface area (Å²) >= 11 is 0. The van der Waals surface area contributed by atoms with E-state index in [-0.39, 0.29) is 18.6 Å². The van der Waals surface area contributed by atoms with Crippen LogP contribution < -0.4 is 5.32 Å². The number of piperidine rings is 1. The molecule has 2 heterocycles. The van der Waals surface area contributed by atoms with Crippen molar-refractivity contribution in [2.45, 2.75) is 44.2 Å². The Morgan fingerprint density at radius 3 is 2.58 bits per heavy atom. The highest BCUT2D eigenvalue weighted by atomic mass is 16.5. The summed E-state index contributed by atoms with van der Waals surface area (Å²) in [6, 6.07) is 0.341. The number of aliphatic carboxylic acids is 1. The molecule has 0 aromatic carbocycles. The standard InChI is InChI=1S/C13H22N2O4/c16-12(8-10-2-1-5-14-10)15-6-3-11(4-7-15)19-9-13(17)18/h10-11,14H,1-9H2,(H,17,18). The van der Waals surface area contributed by atoms with Gasteiger partial charge in [0.15, 0.2) is 0 Å². The summed E-state index contributed by atoms with van der Waals surface area (Å²) in [6.07, 6.45) is 4.27. The van der Waals surface area contributed by atoms with E-state index in [0.29, 0.717) is 25.6 Å². The van der Waals surface area contributed by atoms with Gasteiger partial charge in [-0.25, -0.2) is 4.79 Å². The molecule has 1 unspecified atom stereocenters. The molecule has 0 aliphatic carbocycles. The van der Waals surface area contributed by atoms with Crippen molar-refractivity contribution < 1.29 is 19.4 Å². The molecular formula is C13H22N2O4. The van der Waals surface area contributed by atoms with Gasteiger partial charge in [0.2, 0.25) is 5.91 Å². The van der Waals surface area contributed by atoms with Crippen LogP contribution >= 0.6 is 0 Å². The number of carboxylic acid groups (broad SMARTS) is 1. The number of nitrogens with one attached hydrogen (secondary N) is 1. The maximum Gasteiger partial charge on any atom is 0.329 e. The van der Waals surface area contributed by atoms with Crippen molar-refractivity contribution in [2.75, 3.05) is 26.2 Å². The number of nitrogens with zero attached hydrogens (tertiary/aromatic N) is 1. The Labute approximate surface area is 113 Å². The van der Waals surface area contributed by atoms with Crippen LogP contribution in [0.4, 0.5) is 0 Å². The first-order valence-corrected chi connectivity index (χ1v) is 6.99. The Morgan fingerprint density at radius 1 is 1.26 bits per heavy atom. The van der Waals surface area contributed by atoms with Crippen LogP contribution in [0, 0.1) is 0 Å². The van der Waals surface area contributed by atoms with E-state index >= 15 is 0 Å². The normalized spacial score (nSPS) is 24.6. The van der Waals surface area contributed by atoms with Gasteiger partial charge in [-0.05, 0) is 32.2 Å². The molecule has 2 saturated heterocycles. The van der Waals surface area contributed by atoms with Crippen LogP contribution in [-0.2, 0) is 14.3 Å². The van der Waals surface area contributed by atoms with Gasteiger partial charge in [-0.3, -0.25) is 4.79 Å². The fraction of sp³-hybridized carbons (Fsp3) is 0.846. The quantitative estimate of drug-likeness (QED) is 0.747. The van der Waals surface area contributed by atoms with Gasteiger partial charge in [0.05, 0.1) is 6.10 Å². The van der Waals surface area contributed by atoms with Crippen LogP contribution in [0.1, 0.15) is 32.1 Å². The number of likely N-dealkylation sites (tertiary alicyclic amines) is 1. The lowest BCUT2D eigenvalue weighted by molar-refractivity contribution is -0.147. The number of carbonyl (C=O) groups excluding carboxylic acids is 1. The lowest BCUT2D eigenvalue weighted by atomic mass is 10.1. The highest BCUT2D eigenvalue weighted by Crippen LogP contribution is 2.16. The van der Waals surface area contributed by atoms with Gasteiger partial charge in [0.1, 0.15) is 6.61 Å². The molecule has 0 aromatic rings. The number of carbonyl (C=O) groups is 2. The van der Waals surface area contributed by atoms with Crippen molar-refractivity contribution in [3.05, 3.63) is 0 Å². The lowest BCUT2D eigenvalue weighted by Crippen LogP contribution is -2.43. The van der Waals surface area contributed by atoms with E-state index in [4.69, 9.17) is 9.84 Å². The minimum absolute atomic E-state index is 0.0234. The fourth-order valence-electron chi connectivity index (χ4n) is 2.73. The van der Waals surface area contributed by atoms with Crippen LogP contribution in [0.15, 0.2) is 0 Å². The number of hydrogen-bond acceptors (Lipinski definition) is 4. The van der Waals surface area contributed by atoms with E-state index in [0.717, 1.165) is 32.2 Å². The predicted molar refractivity (Wildman–Crippen MR) is 68.8 cm³/mol. The first-order valence-electron chi connectivity index (χ1n) is 6.99. The molecule has 2 fully saturated rings. The summed E-state index contributed by atoms with van der Waals surface area (Å²) in [5, 5.41) is 11.9. The second-order valence-corrected chi connectivity index (χ2v) is 5.28. The second kappa shape index (κ2) is 6.86. The third-order valence-corrected chi connectivity index (χ3v) is 3.82. The molecule has 2 N–H and O–H groups in total. The van der Waals surface area contributed by atoms with Gasteiger partial charge in [0, 0.05) is 25.6 Å². The number of carboxylic acids is 1. The smallest absolute Gasteiger partial charge is 0.329 e. The topological polar surface area (TPSA) is 78.9 Å². The van der Waals surface area contributed by atoms with Crippen LogP contribution in [0.2, 0.25) is 0 Å². The van der Waals surface area contributed by atoms with Crippen molar-refractivity contribution in [1.82, 2.24) is 10.2 Å². The molecule has 6 heteroatoms. The van der Waals surface area contributed by atoms with Gasteiger partial charge in [-0.15, -0.1) is 0 Å². The number of amides is 1. The van der Waals surface area contributed by atoms with E-state index in [9.17, 15) is 9.59 Å². The largest absolute Gasteiger partial charge is 0.480 e. The van der Waals surface area contributed by atoms with Crippen molar-refractivity contribution in [1.29, 1.82) is 0 Å². The zero-order valence-corrected chi connectivity index (χ0v) is 11.1. The molecule has 1 amide bonds. The van der Waals surface area contributed by atoms with Gasteiger partial charge >= 0.3 is 5.97 Å². The highest BCUT2D eigenvalue weighted by molar-refractivity contribution is 5.77. The zero-order valence-electron chi connectivity index (χ0n) is 11.1. The average Bonchev–Trinajstić information content (AvgIpc) is 2.89. The molecule has 1 atom stereocenters. The molecule has 0 spiro atoms. The highest BCUT2D eigenvalue weighted by Gasteiger charge is 2.26. The monoisotopic (exact) mass is 270 g/mol. The number of ether oxygens (including phenoxy) is 1. The Balaban J connectivity index is 1.67. The second-order valence-electron chi connectivity index (χ2n) is 5.28. The third-order valence-electron chi connectivity index (χ3n) is 3.82. The minimum atomic E-state index is -0.939. The molecule has 6 nitrogen and oxygen atoms in total. The van der Waals surface area contributed by atoms with Crippen LogP contribution in [0.3, 0.4) is 0 Å². The van der Waals surface area contributed by atoms with Crippen molar-refractivity contribution in [3.8, 4) is 0 Å². The fourth-order valence-corrected chi connectivity index (χ4v) is 2.73. The Kier molecular flexibility index (Phi) is 5.15. The summed E-state index contributed by atoms with van der Waals surface area (Å²) in [5.74, 6) is -0.734. The molecule has 2 aliphatic rings. The van der Waals surface area contributed by atoms with Crippen molar-refractivity contribution in [3.63, 3.8) is 0 Å². The Bertz CT molecular complexity index is 321. The molecular weight excluding hydrogens is 248 g/mol. The number of hydrogen-bond donors (Lipinski definition) is 2. The molecule has 0 saturated carbocycles. The van der Waals surface area contributed by atoms with E-state index in [1.54, 1.807) is 0 Å². The van der Waals surface area contributed by atoms with Gasteiger partial charge < -0.3 is 20.1 Å². The first-order chi connectivity index (χ1) is 9.15. The minimum Gasteiger partial charge on any atom is -0.480 e. The molecule has 2 aliphatic heterocycles. The van der Waals surface area contributed by atoms with E-state index < -0.39 is 5.97 Å². The Morgan fingerprint density at radius 2 is 2.00 bits per heavy atom. The Hall–Kier alpha value is -1.14. The molecule has 0 bridgehead atoms. The van der Waals surface area contributed by atoms with E-state index in [1.165, 1.54) is 0 Å². The number of rotatable bonds is 5. The average molecular weight is 270 g/mol. The summed E-state index contributed by atoms with van der Waals surface area (Å²) < 4.78 is 5.26. The van der Waals surface area contributed by atoms with Gasteiger partial charge in [-0.1, -0.05) is 0 Å².